The molecule has 0 atom stereocenters. The van der Waals surface area contributed by atoms with Crippen LogP contribution in [0.4, 0.5) is 0 Å². The zero-order valence-electron chi connectivity index (χ0n) is 12.9. The van der Waals surface area contributed by atoms with Crippen LogP contribution in [0.15, 0.2) is 0 Å². The summed E-state index contributed by atoms with van der Waals surface area (Å²) < 4.78 is 0. The number of piperazine rings is 1. The highest BCUT2D eigenvalue weighted by Crippen LogP contribution is 2.17. The second kappa shape index (κ2) is 7.55. The van der Waals surface area contributed by atoms with Gasteiger partial charge in [0.1, 0.15) is 0 Å². The van der Waals surface area contributed by atoms with Crippen LogP contribution in [0.5, 0.6) is 0 Å². The first-order valence-electron chi connectivity index (χ1n) is 7.83. The zero-order valence-corrected chi connectivity index (χ0v) is 12.9. The highest BCUT2D eigenvalue weighted by atomic mass is 16.2. The third kappa shape index (κ3) is 3.95. The summed E-state index contributed by atoms with van der Waals surface area (Å²) >= 11 is 0. The minimum absolute atomic E-state index is 0.182. The van der Waals surface area contributed by atoms with Crippen molar-refractivity contribution in [3.05, 3.63) is 0 Å². The molecule has 3 amide bonds. The van der Waals surface area contributed by atoms with Gasteiger partial charge in [0, 0.05) is 58.3 Å². The number of carbonyl (C=O) groups is 3. The summed E-state index contributed by atoms with van der Waals surface area (Å²) in [5, 5.41) is 0. The Morgan fingerprint density at radius 3 is 1.82 bits per heavy atom. The summed E-state index contributed by atoms with van der Waals surface area (Å²) in [6.07, 6.45) is 1.08. The summed E-state index contributed by atoms with van der Waals surface area (Å²) in [4.78, 5) is 41.0. The molecule has 2 saturated heterocycles. The fourth-order valence-electron chi connectivity index (χ4n) is 2.99. The van der Waals surface area contributed by atoms with Crippen molar-refractivity contribution < 1.29 is 14.4 Å². The van der Waals surface area contributed by atoms with E-state index in [0.29, 0.717) is 45.6 Å². The average Bonchev–Trinajstić information content (AvgIpc) is 2.54. The number of hydrogen-bond acceptors (Lipinski definition) is 5. The predicted octanol–water partition coefficient (Wildman–Crippen LogP) is -2.19. The van der Waals surface area contributed by atoms with E-state index in [4.69, 9.17) is 11.5 Å². The number of likely N-dealkylation sites (tertiary alicyclic amines) is 1. The fourth-order valence-corrected chi connectivity index (χ4v) is 2.99. The molecule has 2 aliphatic heterocycles. The van der Waals surface area contributed by atoms with Crippen LogP contribution in [-0.4, -0.2) is 84.8 Å². The Hall–Kier alpha value is -1.67. The number of nitrogens with two attached hydrogens (primary N) is 2. The first kappa shape index (κ1) is 16.7. The molecule has 0 spiro atoms. The monoisotopic (exact) mass is 311 g/mol. The third-order valence-electron chi connectivity index (χ3n) is 4.47. The van der Waals surface area contributed by atoms with Gasteiger partial charge in [0.05, 0.1) is 0 Å². The lowest BCUT2D eigenvalue weighted by atomic mass is 9.96. The van der Waals surface area contributed by atoms with Crippen molar-refractivity contribution in [2.75, 3.05) is 52.4 Å². The molecule has 0 aliphatic carbocycles. The van der Waals surface area contributed by atoms with E-state index in [0.717, 1.165) is 19.6 Å². The van der Waals surface area contributed by atoms with E-state index in [1.54, 1.807) is 4.90 Å². The molecule has 2 fully saturated rings. The van der Waals surface area contributed by atoms with E-state index in [9.17, 15) is 14.4 Å². The number of rotatable bonds is 3. The maximum atomic E-state index is 12.3. The van der Waals surface area contributed by atoms with E-state index in [1.807, 2.05) is 0 Å². The number of piperidine rings is 1. The normalized spacial score (nSPS) is 21.0. The van der Waals surface area contributed by atoms with Crippen molar-refractivity contribution in [2.24, 2.45) is 17.4 Å². The van der Waals surface area contributed by atoms with Crippen LogP contribution >= 0.6 is 0 Å². The Bertz CT molecular complexity index is 426. The molecule has 0 aromatic rings. The number of hydrogen-bond donors (Lipinski definition) is 2. The Labute approximate surface area is 130 Å². The van der Waals surface area contributed by atoms with E-state index >= 15 is 0 Å². The maximum Gasteiger partial charge on any atom is 0.312 e. The molecule has 0 unspecified atom stereocenters. The second-order valence-corrected chi connectivity index (χ2v) is 5.89. The van der Waals surface area contributed by atoms with Crippen LogP contribution in [0.3, 0.4) is 0 Å². The van der Waals surface area contributed by atoms with E-state index in [2.05, 4.69) is 4.90 Å². The van der Waals surface area contributed by atoms with Gasteiger partial charge in [-0.25, -0.2) is 0 Å². The van der Waals surface area contributed by atoms with Gasteiger partial charge in [-0.15, -0.1) is 0 Å². The molecule has 2 rings (SSSR count). The SMILES string of the molecule is NCCN1CCN(C(=O)C(=O)N2CCC(C(N)=O)CC2)CC1. The van der Waals surface area contributed by atoms with Crippen LogP contribution in [0, 0.1) is 5.92 Å². The minimum atomic E-state index is -0.463. The lowest BCUT2D eigenvalue weighted by molar-refractivity contribution is -0.153. The molecule has 22 heavy (non-hydrogen) atoms. The topological polar surface area (TPSA) is 113 Å². The molecule has 0 aromatic carbocycles. The zero-order chi connectivity index (χ0) is 16.1. The molecule has 8 nitrogen and oxygen atoms in total. The van der Waals surface area contributed by atoms with Gasteiger partial charge < -0.3 is 21.3 Å². The van der Waals surface area contributed by atoms with Gasteiger partial charge in [-0.2, -0.15) is 0 Å². The molecule has 0 bridgehead atoms. The smallest absolute Gasteiger partial charge is 0.312 e. The van der Waals surface area contributed by atoms with Gasteiger partial charge in [0.2, 0.25) is 5.91 Å². The number of amides is 3. The molecule has 2 aliphatic rings. The van der Waals surface area contributed by atoms with Crippen molar-refractivity contribution in [3.8, 4) is 0 Å². The lowest BCUT2D eigenvalue weighted by Gasteiger charge is -2.36. The lowest BCUT2D eigenvalue weighted by Crippen LogP contribution is -2.54. The predicted molar refractivity (Wildman–Crippen MR) is 80.6 cm³/mol. The quantitative estimate of drug-likeness (QED) is 0.575. The Morgan fingerprint density at radius 2 is 1.36 bits per heavy atom. The van der Waals surface area contributed by atoms with Gasteiger partial charge in [-0.1, -0.05) is 0 Å². The molecule has 0 radical (unpaired) electrons. The molecule has 0 saturated carbocycles. The first-order valence-corrected chi connectivity index (χ1v) is 7.83. The fraction of sp³-hybridized carbons (Fsp3) is 0.786. The number of carbonyl (C=O) groups excluding carboxylic acids is 3. The van der Waals surface area contributed by atoms with Crippen LogP contribution in [0.1, 0.15) is 12.8 Å². The summed E-state index contributed by atoms with van der Waals surface area (Å²) in [6, 6.07) is 0. The van der Waals surface area contributed by atoms with Crippen LogP contribution in [0.2, 0.25) is 0 Å². The Morgan fingerprint density at radius 1 is 0.864 bits per heavy atom. The third-order valence-corrected chi connectivity index (χ3v) is 4.47. The molecule has 2 heterocycles. The van der Waals surface area contributed by atoms with Crippen LogP contribution in [0.25, 0.3) is 0 Å². The highest BCUT2D eigenvalue weighted by Gasteiger charge is 2.32. The van der Waals surface area contributed by atoms with Crippen molar-refractivity contribution >= 4 is 17.7 Å². The highest BCUT2D eigenvalue weighted by molar-refractivity contribution is 6.34. The van der Waals surface area contributed by atoms with E-state index in [1.165, 1.54) is 4.90 Å². The molecule has 4 N–H and O–H groups in total. The Balaban J connectivity index is 1.81. The van der Waals surface area contributed by atoms with E-state index < -0.39 is 11.8 Å². The van der Waals surface area contributed by atoms with Crippen molar-refractivity contribution in [1.82, 2.24) is 14.7 Å². The van der Waals surface area contributed by atoms with Gasteiger partial charge in [0.25, 0.3) is 0 Å². The summed E-state index contributed by atoms with van der Waals surface area (Å²) in [7, 11) is 0. The van der Waals surface area contributed by atoms with Gasteiger partial charge in [-0.05, 0) is 12.8 Å². The summed E-state index contributed by atoms with van der Waals surface area (Å²) in [5.74, 6) is -1.41. The number of nitrogens with zero attached hydrogens (tertiary/aromatic N) is 3. The van der Waals surface area contributed by atoms with Crippen LogP contribution in [-0.2, 0) is 14.4 Å². The summed E-state index contributed by atoms with van der Waals surface area (Å²) in [6.45, 7) is 4.87. The van der Waals surface area contributed by atoms with Crippen LogP contribution < -0.4 is 11.5 Å². The maximum absolute atomic E-state index is 12.3. The standard InChI is InChI=1S/C14H25N5O3/c15-3-6-17-7-9-19(10-8-17)14(22)13(21)18-4-1-11(2-5-18)12(16)20/h11H,1-10,15H2,(H2,16,20). The van der Waals surface area contributed by atoms with Crippen molar-refractivity contribution in [1.29, 1.82) is 0 Å². The summed E-state index contributed by atoms with van der Waals surface area (Å²) in [5.41, 5.74) is 10.8. The second-order valence-electron chi connectivity index (χ2n) is 5.89. The number of primary amides is 1. The molecule has 124 valence electrons. The Kier molecular flexibility index (Phi) is 5.73. The van der Waals surface area contributed by atoms with Crippen molar-refractivity contribution in [2.45, 2.75) is 12.8 Å². The molecule has 0 aromatic heterocycles. The van der Waals surface area contributed by atoms with Gasteiger partial charge >= 0.3 is 11.8 Å². The minimum Gasteiger partial charge on any atom is -0.369 e. The first-order chi connectivity index (χ1) is 10.5. The average molecular weight is 311 g/mol. The van der Waals surface area contributed by atoms with Gasteiger partial charge in [-0.3, -0.25) is 19.3 Å². The van der Waals surface area contributed by atoms with Gasteiger partial charge in [0.15, 0.2) is 0 Å². The van der Waals surface area contributed by atoms with Crippen molar-refractivity contribution in [3.63, 3.8) is 0 Å². The largest absolute Gasteiger partial charge is 0.369 e. The molecular formula is C14H25N5O3. The van der Waals surface area contributed by atoms with E-state index in [-0.39, 0.29) is 11.8 Å². The molecular weight excluding hydrogens is 286 g/mol. The molecule has 8 heteroatoms.